The first kappa shape index (κ1) is 44.8. The van der Waals surface area contributed by atoms with Gasteiger partial charge in [0.15, 0.2) is 0 Å². The van der Waals surface area contributed by atoms with Crippen molar-refractivity contribution in [2.75, 3.05) is 57.1 Å². The smallest absolute Gasteiger partial charge is 0.238 e. The summed E-state index contributed by atoms with van der Waals surface area (Å²) in [6, 6.07) is 40.3. The lowest BCUT2D eigenvalue weighted by Gasteiger charge is -2.40. The molecule has 2 fully saturated rings. The van der Waals surface area contributed by atoms with Crippen LogP contribution in [-0.4, -0.2) is 97.7 Å². The molecule has 0 spiro atoms. The Labute approximate surface area is 411 Å². The maximum atomic E-state index is 14.5. The lowest BCUT2D eigenvalue weighted by molar-refractivity contribution is -0.134. The highest BCUT2D eigenvalue weighted by atomic mass is 16.2. The molecule has 70 heavy (non-hydrogen) atoms. The zero-order chi connectivity index (χ0) is 48.2. The molecule has 12 rings (SSSR count). The molecular formula is C60H64N6O4. The number of nitrogens with one attached hydrogen (secondary N) is 1. The van der Waals surface area contributed by atoms with E-state index >= 15 is 0 Å². The van der Waals surface area contributed by atoms with Crippen LogP contribution in [0.4, 0.5) is 11.4 Å². The van der Waals surface area contributed by atoms with Crippen molar-refractivity contribution in [2.45, 2.75) is 107 Å². The number of benzene rings is 6. The monoisotopic (exact) mass is 932 g/mol. The third kappa shape index (κ3) is 6.87. The summed E-state index contributed by atoms with van der Waals surface area (Å²) in [7, 11) is 5.18. The fraction of sp³-hybridized carbons (Fsp3) is 0.400. The molecule has 6 aromatic carbocycles. The molecule has 0 bridgehead atoms. The van der Waals surface area contributed by atoms with Crippen LogP contribution in [0.25, 0.3) is 32.7 Å². The first-order chi connectivity index (χ1) is 33.9. The molecule has 4 heterocycles. The van der Waals surface area contributed by atoms with E-state index in [-0.39, 0.29) is 54.2 Å². The van der Waals surface area contributed by atoms with Gasteiger partial charge in [-0.2, -0.15) is 0 Å². The maximum absolute atomic E-state index is 14.5. The Bertz CT molecular complexity index is 3150. The maximum Gasteiger partial charge on any atom is 0.238 e. The number of likely N-dealkylation sites (tertiary alicyclic amines) is 2. The van der Waals surface area contributed by atoms with Gasteiger partial charge in [0.2, 0.25) is 23.6 Å². The first-order valence-electron chi connectivity index (χ1n) is 25.7. The molecular weight excluding hydrogens is 869 g/mol. The van der Waals surface area contributed by atoms with Crippen molar-refractivity contribution in [3.8, 4) is 11.1 Å². The summed E-state index contributed by atoms with van der Waals surface area (Å²) in [4.78, 5) is 65.4. The quantitative estimate of drug-likeness (QED) is 0.147. The second-order valence-electron chi connectivity index (χ2n) is 21.8. The Morgan fingerprint density at radius 3 is 1.87 bits per heavy atom. The van der Waals surface area contributed by atoms with Crippen LogP contribution in [0.1, 0.15) is 104 Å². The van der Waals surface area contributed by atoms with E-state index in [9.17, 15) is 19.2 Å². The van der Waals surface area contributed by atoms with Gasteiger partial charge in [0.25, 0.3) is 0 Å². The molecule has 1 N–H and O–H groups in total. The average molecular weight is 933 g/mol. The SMILES string of the molecule is CNC(=O)CCC1(C)C(=O)N(C2CCN(C3Cc4cccc5cc(-c6ccc7cccc8c7c6CC8N6CCC(N7C(=O)C(C)(CC(=O)N(C)C)c8ccccc87)CC6)cc3c45)CC2)c2ccccc21. The number of carbonyl (C=O) groups is 4. The van der Waals surface area contributed by atoms with E-state index < -0.39 is 10.8 Å². The van der Waals surface area contributed by atoms with E-state index in [1.165, 1.54) is 54.9 Å². The number of hydrogen-bond acceptors (Lipinski definition) is 6. The molecule has 4 unspecified atom stereocenters. The van der Waals surface area contributed by atoms with Crippen molar-refractivity contribution in [2.24, 2.45) is 0 Å². The minimum atomic E-state index is -0.878. The molecule has 358 valence electrons. The normalized spacial score (nSPS) is 24.5. The molecule has 10 nitrogen and oxygen atoms in total. The van der Waals surface area contributed by atoms with Gasteiger partial charge in [0, 0.05) is 95.7 Å². The number of piperidine rings is 2. The van der Waals surface area contributed by atoms with Gasteiger partial charge in [0.1, 0.15) is 0 Å². The van der Waals surface area contributed by atoms with Crippen molar-refractivity contribution in [3.63, 3.8) is 0 Å². The van der Waals surface area contributed by atoms with Gasteiger partial charge in [-0.1, -0.05) is 84.9 Å². The predicted octanol–water partition coefficient (Wildman–Crippen LogP) is 9.40. The van der Waals surface area contributed by atoms with E-state index in [4.69, 9.17) is 0 Å². The Morgan fingerprint density at radius 1 is 0.643 bits per heavy atom. The van der Waals surface area contributed by atoms with E-state index in [0.717, 1.165) is 87.2 Å². The number of rotatable bonds is 10. The third-order valence-electron chi connectivity index (χ3n) is 17.8. The molecule has 0 saturated carbocycles. The molecule has 4 amide bonds. The van der Waals surface area contributed by atoms with Crippen LogP contribution in [0.15, 0.2) is 109 Å². The largest absolute Gasteiger partial charge is 0.359 e. The summed E-state index contributed by atoms with van der Waals surface area (Å²) in [5, 5.41) is 8.12. The molecule has 4 aliphatic heterocycles. The molecule has 2 aliphatic carbocycles. The minimum Gasteiger partial charge on any atom is -0.359 e. The molecule has 0 radical (unpaired) electrons. The van der Waals surface area contributed by atoms with Crippen molar-refractivity contribution < 1.29 is 19.2 Å². The zero-order valence-electron chi connectivity index (χ0n) is 41.3. The fourth-order valence-corrected chi connectivity index (χ4v) is 13.9. The Hall–Kier alpha value is -6.36. The van der Waals surface area contributed by atoms with Crippen LogP contribution >= 0.6 is 0 Å². The van der Waals surface area contributed by atoms with Crippen LogP contribution in [0, 0.1) is 0 Å². The van der Waals surface area contributed by atoms with Gasteiger partial charge < -0.3 is 20.0 Å². The van der Waals surface area contributed by atoms with Crippen molar-refractivity contribution in [1.29, 1.82) is 0 Å². The Kier molecular flexibility index (Phi) is 10.8. The summed E-state index contributed by atoms with van der Waals surface area (Å²) in [5.41, 5.74) is 10.7. The number of para-hydroxylation sites is 2. The lowest BCUT2D eigenvalue weighted by Crippen LogP contribution is -2.50. The summed E-state index contributed by atoms with van der Waals surface area (Å²) < 4.78 is 0. The number of nitrogens with zero attached hydrogens (tertiary/aromatic N) is 5. The minimum absolute atomic E-state index is 0.0324. The predicted molar refractivity (Wildman–Crippen MR) is 278 cm³/mol. The third-order valence-corrected chi connectivity index (χ3v) is 17.8. The van der Waals surface area contributed by atoms with Crippen LogP contribution in [0.5, 0.6) is 0 Å². The molecule has 4 atom stereocenters. The van der Waals surface area contributed by atoms with Crippen LogP contribution in [0.2, 0.25) is 0 Å². The second kappa shape index (κ2) is 16.9. The Balaban J connectivity index is 0.786. The van der Waals surface area contributed by atoms with Gasteiger partial charge in [0.05, 0.1) is 10.8 Å². The van der Waals surface area contributed by atoms with Crippen molar-refractivity contribution in [1.82, 2.24) is 20.0 Å². The number of carbonyl (C=O) groups excluding carboxylic acids is 4. The zero-order valence-corrected chi connectivity index (χ0v) is 41.3. The number of anilines is 2. The van der Waals surface area contributed by atoms with E-state index in [2.05, 4.69) is 98.9 Å². The molecule has 6 aromatic rings. The van der Waals surface area contributed by atoms with Gasteiger partial charge in [-0.15, -0.1) is 0 Å². The van der Waals surface area contributed by atoms with Crippen LogP contribution in [0.3, 0.4) is 0 Å². The molecule has 6 aliphatic rings. The highest BCUT2D eigenvalue weighted by Crippen LogP contribution is 2.51. The summed E-state index contributed by atoms with van der Waals surface area (Å²) in [6.07, 6.45) is 6.46. The van der Waals surface area contributed by atoms with Gasteiger partial charge >= 0.3 is 0 Å². The topological polar surface area (TPSA) is 96.5 Å². The van der Waals surface area contributed by atoms with Crippen LogP contribution < -0.4 is 15.1 Å². The Morgan fingerprint density at radius 2 is 1.23 bits per heavy atom. The van der Waals surface area contributed by atoms with E-state index in [1.54, 1.807) is 26.0 Å². The standard InChI is InChI=1S/C60H64N6O4/c1-59(27-22-53(67)61-3)47-16-6-8-18-49(47)65(57(59)69)41-23-28-63(29-24-41)51-34-39-14-10-13-38-32-40(33-46(51)55(38)39)43-21-20-37-12-11-15-44-52(35-45(43)56(37)44)64-30-25-42(26-31-64)66-50-19-9-7-17-48(50)60(2,58(66)70)36-54(68)62(4)5/h6-21,32-33,41-42,51-52H,22-31,34-36H2,1-5H3,(H,61,67). The fourth-order valence-electron chi connectivity index (χ4n) is 13.9. The lowest BCUT2D eigenvalue weighted by atomic mass is 9.79. The van der Waals surface area contributed by atoms with Crippen molar-refractivity contribution >= 4 is 56.5 Å². The van der Waals surface area contributed by atoms with Crippen LogP contribution in [-0.2, 0) is 42.8 Å². The van der Waals surface area contributed by atoms with Gasteiger partial charge in [-0.05, 0) is 149 Å². The summed E-state index contributed by atoms with van der Waals surface area (Å²) >= 11 is 0. The molecule has 2 saturated heterocycles. The summed E-state index contributed by atoms with van der Waals surface area (Å²) in [6.45, 7) is 7.59. The summed E-state index contributed by atoms with van der Waals surface area (Å²) in [5.74, 6) is 0.104. The van der Waals surface area contributed by atoms with E-state index in [1.807, 2.05) is 49.1 Å². The number of hydrogen-bond donors (Lipinski definition) is 1. The van der Waals surface area contributed by atoms with E-state index in [0.29, 0.717) is 12.8 Å². The van der Waals surface area contributed by atoms with Gasteiger partial charge in [-0.3, -0.25) is 29.0 Å². The number of fused-ring (bicyclic) bond motifs is 2. The second-order valence-corrected chi connectivity index (χ2v) is 21.8. The molecule has 0 aromatic heterocycles. The number of amides is 4. The average Bonchev–Trinajstić information content (AvgIpc) is 4.08. The first-order valence-corrected chi connectivity index (χ1v) is 25.7. The highest BCUT2D eigenvalue weighted by molar-refractivity contribution is 6.11. The van der Waals surface area contributed by atoms with Gasteiger partial charge in [-0.25, -0.2) is 0 Å². The highest BCUT2D eigenvalue weighted by Gasteiger charge is 2.52. The van der Waals surface area contributed by atoms with Crippen molar-refractivity contribution in [3.05, 3.63) is 143 Å². The molecule has 10 heteroatoms.